The Labute approximate surface area is 132 Å². The molecule has 1 unspecified atom stereocenters. The van der Waals surface area contributed by atoms with Crippen LogP contribution in [0.3, 0.4) is 0 Å². The zero-order valence-corrected chi connectivity index (χ0v) is 14.4. The van der Waals surface area contributed by atoms with E-state index in [0.717, 1.165) is 18.7 Å². The van der Waals surface area contributed by atoms with Crippen molar-refractivity contribution in [1.29, 1.82) is 0 Å². The fourth-order valence-electron chi connectivity index (χ4n) is 2.52. The number of aromatic nitrogens is 2. The molecule has 21 heavy (non-hydrogen) atoms. The molecule has 1 aromatic heterocycles. The first-order valence-electron chi connectivity index (χ1n) is 7.53. The van der Waals surface area contributed by atoms with Gasteiger partial charge in [0.25, 0.3) is 0 Å². The highest BCUT2D eigenvalue weighted by Gasteiger charge is 2.27. The van der Waals surface area contributed by atoms with E-state index in [1.807, 2.05) is 0 Å². The zero-order chi connectivity index (χ0) is 15.5. The number of hydrogen-bond acceptors (Lipinski definition) is 4. The summed E-state index contributed by atoms with van der Waals surface area (Å²) in [6.07, 6.45) is 0.975. The van der Waals surface area contributed by atoms with Gasteiger partial charge in [-0.05, 0) is 37.0 Å². The van der Waals surface area contributed by atoms with Crippen molar-refractivity contribution in [2.24, 2.45) is 0 Å². The Balaban J connectivity index is 2.29. The molecule has 0 radical (unpaired) electrons. The Hall–Kier alpha value is -1.26. The third-order valence-corrected chi connectivity index (χ3v) is 4.35. The molecule has 1 atom stereocenters. The molecule has 0 aliphatic rings. The molecule has 0 aliphatic heterocycles. The lowest BCUT2D eigenvalue weighted by atomic mass is 9.89. The van der Waals surface area contributed by atoms with Crippen LogP contribution >= 0.6 is 11.5 Å². The van der Waals surface area contributed by atoms with Crippen LogP contribution in [0, 0.1) is 6.92 Å². The molecule has 1 N–H and O–H groups in total. The number of nitrogens with one attached hydrogen (secondary N) is 1. The number of benzene rings is 1. The fourth-order valence-corrected chi connectivity index (χ4v) is 3.46. The van der Waals surface area contributed by atoms with Gasteiger partial charge in [-0.3, -0.25) is 0 Å². The lowest BCUT2D eigenvalue weighted by molar-refractivity contribution is 0.515. The molecule has 0 saturated carbocycles. The van der Waals surface area contributed by atoms with Crippen molar-refractivity contribution in [1.82, 2.24) is 14.9 Å². The highest BCUT2D eigenvalue weighted by Crippen LogP contribution is 2.32. The fraction of sp³-hybridized carbons (Fsp3) is 0.529. The molecule has 1 aromatic carbocycles. The van der Waals surface area contributed by atoms with Gasteiger partial charge in [-0.2, -0.15) is 0 Å². The van der Waals surface area contributed by atoms with Crippen molar-refractivity contribution in [3.63, 3.8) is 0 Å². The summed E-state index contributed by atoms with van der Waals surface area (Å²) >= 11 is 1.52. The molecular weight excluding hydrogens is 278 g/mol. The van der Waals surface area contributed by atoms with Gasteiger partial charge in [-0.25, -0.2) is 0 Å². The van der Waals surface area contributed by atoms with E-state index in [9.17, 15) is 0 Å². The average Bonchev–Trinajstić information content (AvgIpc) is 2.87. The molecule has 2 aromatic rings. The topological polar surface area (TPSA) is 37.8 Å². The Kier molecular flexibility index (Phi) is 5.12. The molecule has 0 bridgehead atoms. The predicted molar refractivity (Wildman–Crippen MR) is 89.9 cm³/mol. The van der Waals surface area contributed by atoms with Crippen LogP contribution in [0.25, 0.3) is 0 Å². The molecule has 4 heteroatoms. The zero-order valence-electron chi connectivity index (χ0n) is 13.6. The van der Waals surface area contributed by atoms with E-state index >= 15 is 0 Å². The Morgan fingerprint density at radius 2 is 2.05 bits per heavy atom. The predicted octanol–water partition coefficient (Wildman–Crippen LogP) is 4.04. The van der Waals surface area contributed by atoms with Crippen LogP contribution < -0.4 is 5.32 Å². The molecule has 0 fully saturated rings. The summed E-state index contributed by atoms with van der Waals surface area (Å²) in [7, 11) is 0. The summed E-state index contributed by atoms with van der Waals surface area (Å²) in [4.78, 5) is 1.27. The summed E-state index contributed by atoms with van der Waals surface area (Å²) in [5, 5.41) is 7.97. The van der Waals surface area contributed by atoms with Crippen LogP contribution in [-0.4, -0.2) is 16.1 Å². The van der Waals surface area contributed by atoms with Crippen LogP contribution in [0.5, 0.6) is 0 Å². The SMILES string of the molecule is CCNC(Cc1cccc(C)c1)c1snnc1C(C)(C)C. The Morgan fingerprint density at radius 3 is 2.67 bits per heavy atom. The molecule has 1 heterocycles. The van der Waals surface area contributed by atoms with Crippen molar-refractivity contribution in [2.75, 3.05) is 6.54 Å². The van der Waals surface area contributed by atoms with Crippen LogP contribution in [0.4, 0.5) is 0 Å². The largest absolute Gasteiger partial charge is 0.309 e. The molecule has 3 nitrogen and oxygen atoms in total. The molecule has 0 aliphatic carbocycles. The van der Waals surface area contributed by atoms with E-state index in [-0.39, 0.29) is 11.5 Å². The summed E-state index contributed by atoms with van der Waals surface area (Å²) in [6, 6.07) is 9.01. The third kappa shape index (κ3) is 4.11. The van der Waals surface area contributed by atoms with E-state index < -0.39 is 0 Å². The van der Waals surface area contributed by atoms with Gasteiger partial charge in [-0.15, -0.1) is 5.10 Å². The highest BCUT2D eigenvalue weighted by molar-refractivity contribution is 7.05. The quantitative estimate of drug-likeness (QED) is 0.906. The first kappa shape index (κ1) is 16.1. The first-order valence-corrected chi connectivity index (χ1v) is 8.30. The van der Waals surface area contributed by atoms with Crippen molar-refractivity contribution < 1.29 is 0 Å². The lowest BCUT2D eigenvalue weighted by Crippen LogP contribution is -2.25. The van der Waals surface area contributed by atoms with E-state index in [1.54, 1.807) is 0 Å². The standard InChI is InChI=1S/C17H25N3S/c1-6-18-14(11-13-9-7-8-12(2)10-13)15-16(17(3,4)5)19-20-21-15/h7-10,14,18H,6,11H2,1-5H3. The van der Waals surface area contributed by atoms with E-state index in [1.165, 1.54) is 27.5 Å². The number of nitrogens with zero attached hydrogens (tertiary/aromatic N) is 2. The average molecular weight is 303 g/mol. The maximum atomic E-state index is 4.38. The summed E-state index contributed by atoms with van der Waals surface area (Å²) in [6.45, 7) is 11.8. The highest BCUT2D eigenvalue weighted by atomic mass is 32.1. The lowest BCUT2D eigenvalue weighted by Gasteiger charge is -2.22. The van der Waals surface area contributed by atoms with Crippen LogP contribution in [0.1, 0.15) is 55.4 Å². The monoisotopic (exact) mass is 303 g/mol. The summed E-state index contributed by atoms with van der Waals surface area (Å²) in [5.41, 5.74) is 3.81. The van der Waals surface area contributed by atoms with Crippen LogP contribution in [0.15, 0.2) is 24.3 Å². The van der Waals surface area contributed by atoms with Crippen molar-refractivity contribution in [3.05, 3.63) is 46.0 Å². The first-order chi connectivity index (χ1) is 9.91. The van der Waals surface area contributed by atoms with Gasteiger partial charge >= 0.3 is 0 Å². The second-order valence-corrected chi connectivity index (χ2v) is 7.32. The minimum atomic E-state index is 0.0304. The Morgan fingerprint density at radius 1 is 1.29 bits per heavy atom. The second kappa shape index (κ2) is 6.67. The van der Waals surface area contributed by atoms with Gasteiger partial charge in [0.15, 0.2) is 0 Å². The number of likely N-dealkylation sites (N-methyl/N-ethyl adjacent to an activating group) is 1. The number of aryl methyl sites for hydroxylation is 1. The van der Waals surface area contributed by atoms with Crippen molar-refractivity contribution >= 4 is 11.5 Å². The minimum absolute atomic E-state index is 0.0304. The minimum Gasteiger partial charge on any atom is -0.309 e. The van der Waals surface area contributed by atoms with Crippen LogP contribution in [-0.2, 0) is 11.8 Å². The van der Waals surface area contributed by atoms with Gasteiger partial charge < -0.3 is 5.32 Å². The van der Waals surface area contributed by atoms with Crippen LogP contribution in [0.2, 0.25) is 0 Å². The second-order valence-electron chi connectivity index (χ2n) is 6.54. The van der Waals surface area contributed by atoms with Gasteiger partial charge in [0, 0.05) is 11.5 Å². The van der Waals surface area contributed by atoms with Gasteiger partial charge in [0.1, 0.15) is 0 Å². The normalized spacial score (nSPS) is 13.4. The van der Waals surface area contributed by atoms with E-state index in [0.29, 0.717) is 0 Å². The smallest absolute Gasteiger partial charge is 0.0857 e. The van der Waals surface area contributed by atoms with E-state index in [4.69, 9.17) is 0 Å². The number of rotatable bonds is 5. The molecule has 0 spiro atoms. The maximum absolute atomic E-state index is 4.38. The van der Waals surface area contributed by atoms with Gasteiger partial charge in [0.2, 0.25) is 0 Å². The van der Waals surface area contributed by atoms with Gasteiger partial charge in [0.05, 0.1) is 10.6 Å². The molecular formula is C17H25N3S. The van der Waals surface area contributed by atoms with Gasteiger partial charge in [-0.1, -0.05) is 62.0 Å². The molecule has 0 saturated heterocycles. The number of hydrogen-bond donors (Lipinski definition) is 1. The third-order valence-electron chi connectivity index (χ3n) is 3.51. The summed E-state index contributed by atoms with van der Waals surface area (Å²) < 4.78 is 4.20. The van der Waals surface area contributed by atoms with Crippen molar-refractivity contribution in [2.45, 2.75) is 52.5 Å². The Bertz CT molecular complexity index is 584. The molecule has 0 amide bonds. The van der Waals surface area contributed by atoms with E-state index in [2.05, 4.69) is 73.8 Å². The van der Waals surface area contributed by atoms with Crippen molar-refractivity contribution in [3.8, 4) is 0 Å². The molecule has 114 valence electrons. The molecule has 2 rings (SSSR count). The maximum Gasteiger partial charge on any atom is 0.0857 e. The summed E-state index contributed by atoms with van der Waals surface area (Å²) in [5.74, 6) is 0.